The smallest absolute Gasteiger partial charge is 0.309 e. The van der Waals surface area contributed by atoms with Gasteiger partial charge >= 0.3 is 5.97 Å². The molecule has 0 atom stereocenters. The van der Waals surface area contributed by atoms with E-state index in [-0.39, 0.29) is 17.8 Å². The summed E-state index contributed by atoms with van der Waals surface area (Å²) in [5, 5.41) is 2.94. The van der Waals surface area contributed by atoms with Gasteiger partial charge in [-0.3, -0.25) is 14.5 Å². The van der Waals surface area contributed by atoms with E-state index < -0.39 is 0 Å². The van der Waals surface area contributed by atoms with E-state index in [1.165, 1.54) is 0 Å². The van der Waals surface area contributed by atoms with E-state index in [2.05, 4.69) is 42.1 Å². The lowest BCUT2D eigenvalue weighted by atomic mass is 9.97. The molecule has 1 amide bonds. The van der Waals surface area contributed by atoms with Gasteiger partial charge in [-0.05, 0) is 89.3 Å². The number of rotatable bonds is 5. The number of piperidine rings is 1. The first-order valence-electron chi connectivity index (χ1n) is 8.05. The van der Waals surface area contributed by atoms with Crippen molar-refractivity contribution in [2.24, 2.45) is 5.92 Å². The second kappa shape index (κ2) is 8.97. The van der Waals surface area contributed by atoms with Gasteiger partial charge in [0.05, 0.1) is 24.8 Å². The van der Waals surface area contributed by atoms with Crippen LogP contribution in [0.25, 0.3) is 0 Å². The topological polar surface area (TPSA) is 58.6 Å². The van der Waals surface area contributed by atoms with Crippen LogP contribution >= 0.6 is 31.9 Å². The highest BCUT2D eigenvalue weighted by Gasteiger charge is 2.26. The second-order valence-electron chi connectivity index (χ2n) is 5.95. The molecule has 2 rings (SSSR count). The molecular weight excluding hydrogens is 440 g/mol. The Morgan fingerprint density at radius 3 is 2.38 bits per heavy atom. The normalized spacial score (nSPS) is 16.0. The summed E-state index contributed by atoms with van der Waals surface area (Å²) in [5.74, 6) is -0.214. The number of ether oxygens (including phenoxy) is 1. The lowest BCUT2D eigenvalue weighted by Crippen LogP contribution is -2.41. The van der Waals surface area contributed by atoms with Crippen molar-refractivity contribution in [1.29, 1.82) is 0 Å². The predicted molar refractivity (Wildman–Crippen MR) is 101 cm³/mol. The molecule has 0 saturated carbocycles. The van der Waals surface area contributed by atoms with E-state index in [1.54, 1.807) is 0 Å². The average Bonchev–Trinajstić information content (AvgIpc) is 2.52. The van der Waals surface area contributed by atoms with Gasteiger partial charge in [-0.1, -0.05) is 0 Å². The maximum atomic E-state index is 12.3. The number of esters is 1. The molecule has 1 fully saturated rings. The van der Waals surface area contributed by atoms with Gasteiger partial charge in [0.25, 0.3) is 0 Å². The Morgan fingerprint density at radius 1 is 1.25 bits per heavy atom. The van der Waals surface area contributed by atoms with Crippen LogP contribution < -0.4 is 5.32 Å². The van der Waals surface area contributed by atoms with Crippen LogP contribution in [0.1, 0.15) is 25.3 Å². The molecular formula is C17H22Br2N2O3. The van der Waals surface area contributed by atoms with Crippen molar-refractivity contribution in [3.63, 3.8) is 0 Å². The number of anilines is 1. The molecule has 132 valence electrons. The van der Waals surface area contributed by atoms with E-state index in [0.717, 1.165) is 46.1 Å². The molecule has 1 saturated heterocycles. The third-order valence-electron chi connectivity index (χ3n) is 4.03. The van der Waals surface area contributed by atoms with Gasteiger partial charge in [-0.2, -0.15) is 0 Å². The van der Waals surface area contributed by atoms with Crippen LogP contribution in [-0.2, 0) is 14.3 Å². The number of halogens is 2. The molecule has 7 heteroatoms. The summed E-state index contributed by atoms with van der Waals surface area (Å²) in [7, 11) is 0. The number of benzene rings is 1. The third-order valence-corrected chi connectivity index (χ3v) is 5.28. The summed E-state index contributed by atoms with van der Waals surface area (Å²) in [6, 6.07) is 3.93. The Bertz CT molecular complexity index is 591. The number of carbonyl (C=O) groups excluding carboxylic acids is 2. The molecule has 0 spiro atoms. The lowest BCUT2D eigenvalue weighted by molar-refractivity contribution is -0.149. The van der Waals surface area contributed by atoms with Gasteiger partial charge in [0.15, 0.2) is 0 Å². The van der Waals surface area contributed by atoms with E-state index in [4.69, 9.17) is 4.74 Å². The molecule has 0 radical (unpaired) electrons. The molecule has 0 aliphatic carbocycles. The summed E-state index contributed by atoms with van der Waals surface area (Å²) in [6.45, 7) is 6.01. The number of hydrogen-bond donors (Lipinski definition) is 1. The average molecular weight is 462 g/mol. The molecule has 0 aromatic heterocycles. The monoisotopic (exact) mass is 460 g/mol. The maximum Gasteiger partial charge on any atom is 0.309 e. The quantitative estimate of drug-likeness (QED) is 0.678. The molecule has 0 bridgehead atoms. The van der Waals surface area contributed by atoms with E-state index in [9.17, 15) is 9.59 Å². The van der Waals surface area contributed by atoms with E-state index in [0.29, 0.717) is 13.2 Å². The summed E-state index contributed by atoms with van der Waals surface area (Å²) in [6.07, 6.45) is 1.48. The Morgan fingerprint density at radius 2 is 1.83 bits per heavy atom. The minimum absolute atomic E-state index is 0.0374. The highest BCUT2D eigenvalue weighted by molar-refractivity contribution is 9.11. The predicted octanol–water partition coefficient (Wildman–Crippen LogP) is 3.73. The van der Waals surface area contributed by atoms with Crippen LogP contribution in [-0.4, -0.2) is 43.0 Å². The minimum atomic E-state index is -0.117. The van der Waals surface area contributed by atoms with Crippen molar-refractivity contribution in [1.82, 2.24) is 4.90 Å². The van der Waals surface area contributed by atoms with Crippen LogP contribution in [0.2, 0.25) is 0 Å². The number of amides is 1. The number of hydrogen-bond acceptors (Lipinski definition) is 4. The van der Waals surface area contributed by atoms with Crippen molar-refractivity contribution in [2.75, 3.05) is 31.6 Å². The van der Waals surface area contributed by atoms with Gasteiger partial charge < -0.3 is 10.1 Å². The summed E-state index contributed by atoms with van der Waals surface area (Å²) in [4.78, 5) is 26.1. The van der Waals surface area contributed by atoms with Gasteiger partial charge in [0.1, 0.15) is 0 Å². The summed E-state index contributed by atoms with van der Waals surface area (Å²) < 4.78 is 6.77. The third kappa shape index (κ3) is 5.29. The van der Waals surface area contributed by atoms with Crippen LogP contribution in [0.3, 0.4) is 0 Å². The first kappa shape index (κ1) is 19.4. The molecule has 1 aliphatic heterocycles. The Hall–Kier alpha value is -0.920. The van der Waals surface area contributed by atoms with Gasteiger partial charge in [0, 0.05) is 8.95 Å². The first-order chi connectivity index (χ1) is 11.4. The van der Waals surface area contributed by atoms with Gasteiger partial charge in [-0.15, -0.1) is 0 Å². The molecule has 1 N–H and O–H groups in total. The van der Waals surface area contributed by atoms with Crippen LogP contribution in [0, 0.1) is 12.8 Å². The molecule has 1 heterocycles. The number of nitrogens with zero attached hydrogens (tertiary/aromatic N) is 1. The molecule has 1 aliphatic rings. The van der Waals surface area contributed by atoms with Crippen molar-refractivity contribution >= 4 is 49.4 Å². The summed E-state index contributed by atoms with van der Waals surface area (Å²) >= 11 is 6.96. The molecule has 1 aromatic carbocycles. The zero-order valence-electron chi connectivity index (χ0n) is 13.9. The van der Waals surface area contributed by atoms with Crippen LogP contribution in [0.4, 0.5) is 5.69 Å². The highest BCUT2D eigenvalue weighted by Crippen LogP contribution is 2.32. The zero-order valence-corrected chi connectivity index (χ0v) is 17.1. The molecule has 24 heavy (non-hydrogen) atoms. The highest BCUT2D eigenvalue weighted by atomic mass is 79.9. The Kier molecular flexibility index (Phi) is 7.25. The Balaban J connectivity index is 1.85. The van der Waals surface area contributed by atoms with E-state index in [1.807, 2.05) is 26.0 Å². The lowest BCUT2D eigenvalue weighted by Gasteiger charge is -2.30. The van der Waals surface area contributed by atoms with E-state index >= 15 is 0 Å². The van der Waals surface area contributed by atoms with Crippen molar-refractivity contribution < 1.29 is 14.3 Å². The van der Waals surface area contributed by atoms with Gasteiger partial charge in [-0.25, -0.2) is 0 Å². The SMILES string of the molecule is CCOC(=O)C1CCN(CC(=O)Nc2c(Br)cc(C)cc2Br)CC1. The molecule has 1 aromatic rings. The first-order valence-corrected chi connectivity index (χ1v) is 9.63. The fourth-order valence-electron chi connectivity index (χ4n) is 2.79. The fraction of sp³-hybridized carbons (Fsp3) is 0.529. The Labute approximate surface area is 159 Å². The van der Waals surface area contributed by atoms with Crippen molar-refractivity contribution in [2.45, 2.75) is 26.7 Å². The zero-order chi connectivity index (χ0) is 17.7. The minimum Gasteiger partial charge on any atom is -0.466 e. The molecule has 5 nitrogen and oxygen atoms in total. The number of nitrogens with one attached hydrogen (secondary N) is 1. The number of aryl methyl sites for hydroxylation is 1. The number of carbonyl (C=O) groups is 2. The van der Waals surface area contributed by atoms with Crippen LogP contribution in [0.5, 0.6) is 0 Å². The number of likely N-dealkylation sites (tertiary alicyclic amines) is 1. The maximum absolute atomic E-state index is 12.3. The largest absolute Gasteiger partial charge is 0.466 e. The van der Waals surface area contributed by atoms with Gasteiger partial charge in [0.2, 0.25) is 5.91 Å². The van der Waals surface area contributed by atoms with Crippen LogP contribution in [0.15, 0.2) is 21.1 Å². The standard InChI is InChI=1S/C17H22Br2N2O3/c1-3-24-17(23)12-4-6-21(7-5-12)10-15(22)20-16-13(18)8-11(2)9-14(16)19/h8-9,12H,3-7,10H2,1-2H3,(H,20,22). The molecule has 0 unspecified atom stereocenters. The second-order valence-corrected chi connectivity index (χ2v) is 7.66. The summed E-state index contributed by atoms with van der Waals surface area (Å²) in [5.41, 5.74) is 1.85. The van der Waals surface area contributed by atoms with Crippen molar-refractivity contribution in [3.05, 3.63) is 26.6 Å². The fourth-order valence-corrected chi connectivity index (χ4v) is 4.40. The van der Waals surface area contributed by atoms with Crippen molar-refractivity contribution in [3.8, 4) is 0 Å².